The lowest BCUT2D eigenvalue weighted by Gasteiger charge is -2.05. The first kappa shape index (κ1) is 10.9. The van der Waals surface area contributed by atoms with E-state index in [0.717, 1.165) is 11.6 Å². The second kappa shape index (κ2) is 3.75. The number of carboxylic acid groups (broad SMARTS) is 1. The number of fused-ring (bicyclic) bond motifs is 1. The largest absolute Gasteiger partial charge is 0.477 e. The molecule has 0 atom stereocenters. The number of benzene rings is 1. The van der Waals surface area contributed by atoms with Gasteiger partial charge in [0.15, 0.2) is 5.43 Å². The summed E-state index contributed by atoms with van der Waals surface area (Å²) in [7, 11) is 0. The van der Waals surface area contributed by atoms with Crippen LogP contribution in [0.1, 0.15) is 16.1 Å². The van der Waals surface area contributed by atoms with Crippen molar-refractivity contribution in [2.45, 2.75) is 6.92 Å². The van der Waals surface area contributed by atoms with E-state index >= 15 is 0 Å². The minimum atomic E-state index is -1.14. The summed E-state index contributed by atoms with van der Waals surface area (Å²) in [6.45, 7) is 1.82. The van der Waals surface area contributed by atoms with Crippen LogP contribution >= 0.6 is 15.9 Å². The predicted molar refractivity (Wildman–Crippen MR) is 64.0 cm³/mol. The average molecular weight is 282 g/mol. The number of aromatic amines is 1. The zero-order valence-electron chi connectivity index (χ0n) is 8.37. The van der Waals surface area contributed by atoms with E-state index in [1.54, 1.807) is 6.07 Å². The Morgan fingerprint density at radius 1 is 1.44 bits per heavy atom. The summed E-state index contributed by atoms with van der Waals surface area (Å²) < 4.78 is 0.659. The Labute approximate surface area is 99.0 Å². The molecule has 5 heteroatoms. The van der Waals surface area contributed by atoms with Gasteiger partial charge in [0.25, 0.3) is 0 Å². The van der Waals surface area contributed by atoms with E-state index in [1.165, 1.54) is 0 Å². The summed E-state index contributed by atoms with van der Waals surface area (Å²) in [4.78, 5) is 25.3. The van der Waals surface area contributed by atoms with Gasteiger partial charge in [-0.2, -0.15) is 0 Å². The van der Waals surface area contributed by atoms with E-state index < -0.39 is 5.97 Å². The molecule has 0 unspecified atom stereocenters. The standard InChI is InChI=1S/C11H8BrNO3/c1-5-2-3-6(12)9-8(14)4-7(11(15)16)13-10(5)9/h2-4H,1H3,(H,13,14)(H,15,16). The van der Waals surface area contributed by atoms with E-state index in [2.05, 4.69) is 20.9 Å². The second-order valence-electron chi connectivity index (χ2n) is 3.47. The summed E-state index contributed by atoms with van der Waals surface area (Å²) in [5, 5.41) is 9.32. The third kappa shape index (κ3) is 1.63. The molecule has 0 saturated carbocycles. The Bertz CT molecular complexity index is 645. The van der Waals surface area contributed by atoms with Gasteiger partial charge < -0.3 is 10.1 Å². The normalized spacial score (nSPS) is 10.6. The number of halogens is 1. The number of hydrogen-bond donors (Lipinski definition) is 2. The van der Waals surface area contributed by atoms with Crippen molar-refractivity contribution in [1.82, 2.24) is 4.98 Å². The van der Waals surface area contributed by atoms with Gasteiger partial charge in [0.05, 0.1) is 10.9 Å². The first-order valence-corrected chi connectivity index (χ1v) is 5.35. The topological polar surface area (TPSA) is 70.2 Å². The molecule has 1 heterocycles. The van der Waals surface area contributed by atoms with Crippen LogP contribution in [0.3, 0.4) is 0 Å². The van der Waals surface area contributed by atoms with E-state index in [-0.39, 0.29) is 11.1 Å². The first-order chi connectivity index (χ1) is 7.50. The maximum absolute atomic E-state index is 11.8. The Morgan fingerprint density at radius 3 is 2.75 bits per heavy atom. The van der Waals surface area contributed by atoms with E-state index in [1.807, 2.05) is 13.0 Å². The molecule has 2 N–H and O–H groups in total. The van der Waals surface area contributed by atoms with Crippen LogP contribution in [0, 0.1) is 6.92 Å². The fourth-order valence-corrected chi connectivity index (χ4v) is 2.10. The summed E-state index contributed by atoms with van der Waals surface area (Å²) in [5.74, 6) is -1.14. The molecule has 0 saturated heterocycles. The molecule has 0 radical (unpaired) electrons. The molecule has 0 spiro atoms. The monoisotopic (exact) mass is 281 g/mol. The van der Waals surface area contributed by atoms with Gasteiger partial charge in [-0.3, -0.25) is 4.79 Å². The van der Waals surface area contributed by atoms with Crippen molar-refractivity contribution in [3.8, 4) is 0 Å². The van der Waals surface area contributed by atoms with Crippen LogP contribution in [0.15, 0.2) is 27.5 Å². The first-order valence-electron chi connectivity index (χ1n) is 4.56. The number of aromatic carboxylic acids is 1. The van der Waals surface area contributed by atoms with Crippen molar-refractivity contribution in [1.29, 1.82) is 0 Å². The van der Waals surface area contributed by atoms with Gasteiger partial charge in [-0.1, -0.05) is 6.07 Å². The zero-order valence-corrected chi connectivity index (χ0v) is 9.96. The van der Waals surface area contributed by atoms with E-state index in [4.69, 9.17) is 5.11 Å². The average Bonchev–Trinajstić information content (AvgIpc) is 2.22. The van der Waals surface area contributed by atoms with Crippen LogP contribution in [0.4, 0.5) is 0 Å². The molecule has 2 rings (SSSR count). The van der Waals surface area contributed by atoms with Gasteiger partial charge in [-0.15, -0.1) is 0 Å². The third-order valence-corrected chi connectivity index (χ3v) is 3.04. The maximum Gasteiger partial charge on any atom is 0.352 e. The summed E-state index contributed by atoms with van der Waals surface area (Å²) in [5.41, 5.74) is 0.984. The van der Waals surface area contributed by atoms with Crippen LogP contribution in [0.25, 0.3) is 10.9 Å². The van der Waals surface area contributed by atoms with Crippen molar-refractivity contribution >= 4 is 32.8 Å². The Morgan fingerprint density at radius 2 is 2.12 bits per heavy atom. The molecule has 0 aliphatic carbocycles. The quantitative estimate of drug-likeness (QED) is 0.843. The lowest BCUT2D eigenvalue weighted by Crippen LogP contribution is -2.10. The van der Waals surface area contributed by atoms with E-state index in [9.17, 15) is 9.59 Å². The van der Waals surface area contributed by atoms with Crippen molar-refractivity contribution in [2.24, 2.45) is 0 Å². The third-order valence-electron chi connectivity index (χ3n) is 2.37. The number of aromatic nitrogens is 1. The second-order valence-corrected chi connectivity index (χ2v) is 4.32. The number of nitrogens with one attached hydrogen (secondary N) is 1. The van der Waals surface area contributed by atoms with Crippen LogP contribution in [-0.4, -0.2) is 16.1 Å². The van der Waals surface area contributed by atoms with Crippen molar-refractivity contribution < 1.29 is 9.90 Å². The fourth-order valence-electron chi connectivity index (χ4n) is 1.57. The fraction of sp³-hybridized carbons (Fsp3) is 0.0909. The number of carboxylic acids is 1. The Hall–Kier alpha value is -1.62. The van der Waals surface area contributed by atoms with Gasteiger partial charge in [-0.05, 0) is 34.5 Å². The lowest BCUT2D eigenvalue weighted by atomic mass is 10.1. The van der Waals surface area contributed by atoms with Crippen molar-refractivity contribution in [3.05, 3.63) is 44.2 Å². The Balaban J connectivity index is 2.98. The lowest BCUT2D eigenvalue weighted by molar-refractivity contribution is 0.0691. The summed E-state index contributed by atoms with van der Waals surface area (Å²) in [6.07, 6.45) is 0. The molecule has 1 aromatic carbocycles. The molecule has 2 aromatic rings. The smallest absolute Gasteiger partial charge is 0.352 e. The highest BCUT2D eigenvalue weighted by molar-refractivity contribution is 9.10. The molecule has 0 fully saturated rings. The summed E-state index contributed by atoms with van der Waals surface area (Å²) >= 11 is 3.28. The van der Waals surface area contributed by atoms with Crippen LogP contribution in [0.5, 0.6) is 0 Å². The van der Waals surface area contributed by atoms with Crippen LogP contribution in [0.2, 0.25) is 0 Å². The minimum Gasteiger partial charge on any atom is -0.477 e. The number of hydrogen-bond acceptors (Lipinski definition) is 2. The predicted octanol–water partition coefficient (Wildman–Crippen LogP) is 2.30. The van der Waals surface area contributed by atoms with Crippen LogP contribution in [-0.2, 0) is 0 Å². The van der Waals surface area contributed by atoms with Crippen LogP contribution < -0.4 is 5.43 Å². The number of carbonyl (C=O) groups is 1. The minimum absolute atomic E-state index is 0.0984. The SMILES string of the molecule is Cc1ccc(Br)c2c(=O)cc(C(=O)O)[nH]c12. The highest BCUT2D eigenvalue weighted by Crippen LogP contribution is 2.22. The molecule has 82 valence electrons. The number of aryl methyl sites for hydroxylation is 1. The molecular formula is C11H8BrNO3. The van der Waals surface area contributed by atoms with Gasteiger partial charge in [0.1, 0.15) is 5.69 Å². The highest BCUT2D eigenvalue weighted by Gasteiger charge is 2.11. The summed E-state index contributed by atoms with van der Waals surface area (Å²) in [6, 6.07) is 4.68. The molecule has 4 nitrogen and oxygen atoms in total. The van der Waals surface area contributed by atoms with Gasteiger partial charge in [0, 0.05) is 10.5 Å². The molecule has 1 aromatic heterocycles. The highest BCUT2D eigenvalue weighted by atomic mass is 79.9. The molecule has 0 bridgehead atoms. The van der Waals surface area contributed by atoms with Gasteiger partial charge in [-0.25, -0.2) is 4.79 Å². The van der Waals surface area contributed by atoms with Crippen molar-refractivity contribution in [2.75, 3.05) is 0 Å². The zero-order chi connectivity index (χ0) is 11.9. The van der Waals surface area contributed by atoms with Gasteiger partial charge in [0.2, 0.25) is 0 Å². The number of H-pyrrole nitrogens is 1. The molecule has 0 aliphatic rings. The molecular weight excluding hydrogens is 274 g/mol. The van der Waals surface area contributed by atoms with Gasteiger partial charge >= 0.3 is 5.97 Å². The molecule has 16 heavy (non-hydrogen) atoms. The van der Waals surface area contributed by atoms with E-state index in [0.29, 0.717) is 15.4 Å². The number of pyridine rings is 1. The molecule has 0 aliphatic heterocycles. The van der Waals surface area contributed by atoms with Crippen molar-refractivity contribution in [3.63, 3.8) is 0 Å². The molecule has 0 amide bonds. The maximum atomic E-state index is 11.8. The Kier molecular flexibility index (Phi) is 2.55. The number of rotatable bonds is 1.